The summed E-state index contributed by atoms with van der Waals surface area (Å²) in [5.41, 5.74) is -0.517. The van der Waals surface area contributed by atoms with Crippen molar-refractivity contribution < 1.29 is 9.53 Å². The molecule has 1 aliphatic rings. The molecular weight excluding hydrogens is 272 g/mol. The monoisotopic (exact) mass is 286 g/mol. The number of hydrogen-bond acceptors (Lipinski definition) is 4. The lowest BCUT2D eigenvalue weighted by molar-refractivity contribution is 0.0580. The molecule has 0 saturated carbocycles. The minimum Gasteiger partial charge on any atom is -0.443 e. The van der Waals surface area contributed by atoms with Crippen molar-refractivity contribution in [2.45, 2.75) is 32.8 Å². The first-order valence-corrected chi connectivity index (χ1v) is 6.89. The van der Waals surface area contributed by atoms with Crippen LogP contribution in [0.2, 0.25) is 4.47 Å². The van der Waals surface area contributed by atoms with Crippen molar-refractivity contribution in [3.05, 3.63) is 15.4 Å². The van der Waals surface area contributed by atoms with Gasteiger partial charge in [-0.15, -0.1) is 11.3 Å². The van der Waals surface area contributed by atoms with Gasteiger partial charge in [0.15, 0.2) is 10.3 Å². The molecule has 0 unspecified atom stereocenters. The number of halogens is 1. The average molecular weight is 287 g/mol. The Morgan fingerprint density at radius 2 is 2.28 bits per heavy atom. The van der Waals surface area contributed by atoms with Crippen molar-refractivity contribution >= 4 is 40.9 Å². The molecule has 0 aliphatic carbocycles. The van der Waals surface area contributed by atoms with Crippen molar-refractivity contribution in [3.8, 4) is 0 Å². The second kappa shape index (κ2) is 4.90. The predicted octanol–water partition coefficient (Wildman–Crippen LogP) is 3.95. The first-order chi connectivity index (χ1) is 8.37. The Morgan fingerprint density at radius 1 is 1.56 bits per heavy atom. The highest BCUT2D eigenvalue weighted by atomic mass is 35.5. The number of nitrogens with zero attached hydrogens (tertiary/aromatic N) is 2. The van der Waals surface area contributed by atoms with Crippen LogP contribution < -0.4 is 4.90 Å². The summed E-state index contributed by atoms with van der Waals surface area (Å²) in [6.45, 7) is 6.08. The smallest absolute Gasteiger partial charge is 0.416 e. The molecule has 0 bridgehead atoms. The van der Waals surface area contributed by atoms with Crippen molar-refractivity contribution in [2.24, 2.45) is 0 Å². The lowest BCUT2D eigenvalue weighted by Crippen LogP contribution is -2.37. The van der Waals surface area contributed by atoms with Crippen LogP contribution in [0.4, 0.5) is 10.6 Å². The van der Waals surface area contributed by atoms with Crippen LogP contribution in [0, 0.1) is 0 Å². The zero-order valence-electron chi connectivity index (χ0n) is 10.6. The average Bonchev–Trinajstić information content (AvgIpc) is 2.45. The molecule has 0 aromatic carbocycles. The number of ether oxygens (including phenoxy) is 1. The highest BCUT2D eigenvalue weighted by Gasteiger charge is 2.27. The predicted molar refractivity (Wildman–Crippen MR) is 74.4 cm³/mol. The maximum Gasteiger partial charge on any atom is 0.416 e. The third-order valence-electron chi connectivity index (χ3n) is 2.27. The SMILES string of the molecule is CC(C)(C)OC(=O)N1CCC=Cc2sc(Cl)nc21. The molecule has 1 aromatic rings. The molecule has 4 nitrogen and oxygen atoms in total. The molecule has 0 saturated heterocycles. The summed E-state index contributed by atoms with van der Waals surface area (Å²) in [6, 6.07) is 0. The highest BCUT2D eigenvalue weighted by molar-refractivity contribution is 7.17. The van der Waals surface area contributed by atoms with E-state index in [-0.39, 0.29) is 6.09 Å². The van der Waals surface area contributed by atoms with Crippen molar-refractivity contribution in [2.75, 3.05) is 11.4 Å². The minimum absolute atomic E-state index is 0.380. The van der Waals surface area contributed by atoms with Crippen LogP contribution >= 0.6 is 22.9 Å². The van der Waals surface area contributed by atoms with Crippen molar-refractivity contribution in [1.29, 1.82) is 0 Å². The van der Waals surface area contributed by atoms with Gasteiger partial charge in [-0.1, -0.05) is 17.7 Å². The molecule has 0 fully saturated rings. The summed E-state index contributed by atoms with van der Waals surface area (Å²) in [6.07, 6.45) is 4.36. The van der Waals surface area contributed by atoms with Gasteiger partial charge in [-0.25, -0.2) is 9.78 Å². The van der Waals surface area contributed by atoms with Gasteiger partial charge in [-0.05, 0) is 33.3 Å². The van der Waals surface area contributed by atoms with Gasteiger partial charge in [0.05, 0.1) is 4.88 Å². The van der Waals surface area contributed by atoms with Gasteiger partial charge < -0.3 is 4.74 Å². The Hall–Kier alpha value is -1.07. The van der Waals surface area contributed by atoms with E-state index < -0.39 is 5.60 Å². The van der Waals surface area contributed by atoms with E-state index >= 15 is 0 Å². The number of carbonyl (C=O) groups excluding carboxylic acids is 1. The standard InChI is InChI=1S/C12H15ClN2O2S/c1-12(2,3)17-11(16)15-7-5-4-6-8-9(15)14-10(13)18-8/h4,6H,5,7H2,1-3H3. The molecule has 2 rings (SSSR count). The number of hydrogen-bond donors (Lipinski definition) is 0. The first kappa shape index (κ1) is 13.4. The summed E-state index contributed by atoms with van der Waals surface area (Å²) in [5.74, 6) is 0.591. The van der Waals surface area contributed by atoms with E-state index in [4.69, 9.17) is 16.3 Å². The molecule has 0 N–H and O–H groups in total. The normalized spacial score (nSPS) is 15.2. The molecular formula is C12H15ClN2O2S. The third kappa shape index (κ3) is 3.03. The number of fused-ring (bicyclic) bond motifs is 1. The molecule has 1 aliphatic heterocycles. The fourth-order valence-electron chi connectivity index (χ4n) is 1.59. The Bertz CT molecular complexity index is 491. The summed E-state index contributed by atoms with van der Waals surface area (Å²) in [4.78, 5) is 18.8. The maximum atomic E-state index is 12.1. The zero-order valence-corrected chi connectivity index (χ0v) is 12.1. The summed E-state index contributed by atoms with van der Waals surface area (Å²) < 4.78 is 5.81. The molecule has 98 valence electrons. The van der Waals surface area contributed by atoms with Crippen molar-refractivity contribution in [1.82, 2.24) is 4.98 Å². The molecule has 0 spiro atoms. The lowest BCUT2D eigenvalue weighted by atomic mass is 10.2. The molecule has 2 heterocycles. The number of aromatic nitrogens is 1. The van der Waals surface area contributed by atoms with Gasteiger partial charge in [0.2, 0.25) is 0 Å². The van der Waals surface area contributed by atoms with Crippen LogP contribution in [-0.2, 0) is 4.74 Å². The van der Waals surface area contributed by atoms with Crippen LogP contribution in [0.15, 0.2) is 6.08 Å². The van der Waals surface area contributed by atoms with Gasteiger partial charge in [-0.2, -0.15) is 0 Å². The van der Waals surface area contributed by atoms with E-state index in [2.05, 4.69) is 4.98 Å². The van der Waals surface area contributed by atoms with Gasteiger partial charge in [0, 0.05) is 6.54 Å². The molecule has 1 amide bonds. The largest absolute Gasteiger partial charge is 0.443 e. The van der Waals surface area contributed by atoms with Crippen LogP contribution in [0.25, 0.3) is 6.08 Å². The summed E-state index contributed by atoms with van der Waals surface area (Å²) >= 11 is 7.26. The van der Waals surface area contributed by atoms with Crippen LogP contribution in [0.3, 0.4) is 0 Å². The number of amides is 1. The zero-order chi connectivity index (χ0) is 13.3. The van der Waals surface area contributed by atoms with Gasteiger partial charge >= 0.3 is 6.09 Å². The summed E-state index contributed by atoms with van der Waals surface area (Å²) in [5, 5.41) is 0. The summed E-state index contributed by atoms with van der Waals surface area (Å²) in [7, 11) is 0. The molecule has 1 aromatic heterocycles. The van der Waals surface area contributed by atoms with Crippen molar-refractivity contribution in [3.63, 3.8) is 0 Å². The topological polar surface area (TPSA) is 42.4 Å². The Morgan fingerprint density at radius 3 is 2.94 bits per heavy atom. The van der Waals surface area contributed by atoms with E-state index in [1.165, 1.54) is 11.3 Å². The fraction of sp³-hybridized carbons (Fsp3) is 0.500. The second-order valence-corrected chi connectivity index (χ2v) is 6.59. The number of rotatable bonds is 0. The van der Waals surface area contributed by atoms with Crippen LogP contribution in [0.5, 0.6) is 0 Å². The third-order valence-corrected chi connectivity index (χ3v) is 3.38. The molecule has 0 atom stereocenters. The van der Waals surface area contributed by atoms with Gasteiger partial charge in [0.1, 0.15) is 5.60 Å². The minimum atomic E-state index is -0.517. The molecule has 18 heavy (non-hydrogen) atoms. The lowest BCUT2D eigenvalue weighted by Gasteiger charge is -2.25. The van der Waals surface area contributed by atoms with Gasteiger partial charge in [-0.3, -0.25) is 4.90 Å². The number of thiazole rings is 1. The Balaban J connectivity index is 2.27. The van der Waals surface area contributed by atoms with E-state index in [1.54, 1.807) is 4.90 Å². The second-order valence-electron chi connectivity index (χ2n) is 4.98. The fourth-order valence-corrected chi connectivity index (χ4v) is 2.65. The van der Waals surface area contributed by atoms with E-state index in [0.717, 1.165) is 11.3 Å². The molecule has 6 heteroatoms. The number of carbonyl (C=O) groups is 1. The van der Waals surface area contributed by atoms with Crippen LogP contribution in [0.1, 0.15) is 32.1 Å². The van der Waals surface area contributed by atoms with Crippen LogP contribution in [-0.4, -0.2) is 23.2 Å². The number of anilines is 1. The van der Waals surface area contributed by atoms with E-state index in [0.29, 0.717) is 16.8 Å². The highest BCUT2D eigenvalue weighted by Crippen LogP contribution is 2.33. The van der Waals surface area contributed by atoms with E-state index in [9.17, 15) is 4.79 Å². The Kier molecular flexibility index (Phi) is 3.64. The maximum absolute atomic E-state index is 12.1. The van der Waals surface area contributed by atoms with Gasteiger partial charge in [0.25, 0.3) is 0 Å². The first-order valence-electron chi connectivity index (χ1n) is 5.70. The van der Waals surface area contributed by atoms with E-state index in [1.807, 2.05) is 32.9 Å². The quantitative estimate of drug-likeness (QED) is 0.725. The Labute approximate surface area is 115 Å². The molecule has 0 radical (unpaired) electrons.